The first kappa shape index (κ1) is 42.5. The summed E-state index contributed by atoms with van der Waals surface area (Å²) in [5.74, 6) is 0.292. The maximum Gasteiger partial charge on any atom is 0.243 e. The Morgan fingerprint density at radius 1 is 0.908 bits per heavy atom. The molecule has 15 heteroatoms. The molecule has 14 nitrogen and oxygen atoms in total. The number of amides is 2. The van der Waals surface area contributed by atoms with E-state index in [0.717, 1.165) is 82.0 Å². The number of aliphatic hydroxyl groups is 1. The number of nitrogens with one attached hydrogen (secondary N) is 1. The van der Waals surface area contributed by atoms with Gasteiger partial charge in [-0.3, -0.25) is 9.59 Å². The van der Waals surface area contributed by atoms with Crippen molar-refractivity contribution in [1.82, 2.24) is 40.1 Å². The van der Waals surface area contributed by atoms with Crippen LogP contribution < -0.4 is 10.2 Å². The van der Waals surface area contributed by atoms with Crippen LogP contribution in [0.2, 0.25) is 0 Å². The van der Waals surface area contributed by atoms with Gasteiger partial charge in [0.15, 0.2) is 0 Å². The van der Waals surface area contributed by atoms with Crippen LogP contribution in [0.5, 0.6) is 5.75 Å². The van der Waals surface area contributed by atoms with Gasteiger partial charge < -0.3 is 34.4 Å². The number of hydrogen-bond acceptors (Lipinski definition) is 12. The minimum absolute atomic E-state index is 0.0534. The number of aryl methyl sites for hydroxylation is 2. The molecule has 5 atom stereocenters. The number of benzene rings is 2. The minimum atomic E-state index is -0.832. The zero-order valence-corrected chi connectivity index (χ0v) is 38.0. The van der Waals surface area contributed by atoms with Crippen molar-refractivity contribution in [2.24, 2.45) is 5.92 Å². The highest BCUT2D eigenvalue weighted by atomic mass is 32.1. The van der Waals surface area contributed by atoms with E-state index in [9.17, 15) is 19.8 Å². The molecular formula is C50H53N9O5S. The Kier molecular flexibility index (Phi) is 11.2. The molecule has 2 saturated heterocycles. The standard InChI is InChI=1S/C50H53N9O5S/c1-27(2)46(50(63)58-25-36(60)19-43(58)49(62)53-29(4)31-10-12-32(13-11-31)47-30(5)52-26-65-47)45-22-38(56-64-45)34-18-28(3)48(51-23-34)57-17-16-33(24-57)41-21-40-42(59(41)35-14-15-35)20-39(54-55-40)37-8-6-7-9-44(37)61/h6-13,18,20-23,26-27,29,33,35-36,43,46,60-61H,14-17,19,24-25H2,1-5H3,(H,53,62)/t29-,33-,36+,43-,46?/m0/s1. The fourth-order valence-corrected chi connectivity index (χ4v) is 10.6. The number of phenolic OH excluding ortho intramolecular Hbond substituents is 1. The lowest BCUT2D eigenvalue weighted by Crippen LogP contribution is -2.48. The Hall–Kier alpha value is -6.45. The first-order valence-electron chi connectivity index (χ1n) is 22.6. The number of aliphatic hydroxyl groups excluding tert-OH is 1. The zero-order chi connectivity index (χ0) is 45.1. The van der Waals surface area contributed by atoms with Crippen molar-refractivity contribution in [3.63, 3.8) is 0 Å². The first-order chi connectivity index (χ1) is 31.4. The molecule has 0 radical (unpaired) electrons. The summed E-state index contributed by atoms with van der Waals surface area (Å²) in [5.41, 5.74) is 11.7. The number of nitrogens with zero attached hydrogens (tertiary/aromatic N) is 8. The third-order valence-corrected chi connectivity index (χ3v) is 14.4. The molecule has 2 aromatic carbocycles. The van der Waals surface area contributed by atoms with E-state index in [4.69, 9.17) is 9.51 Å². The molecule has 65 heavy (non-hydrogen) atoms. The molecule has 334 valence electrons. The summed E-state index contributed by atoms with van der Waals surface area (Å²) in [5, 5.41) is 37.9. The van der Waals surface area contributed by atoms with Crippen LogP contribution in [0.1, 0.15) is 98.6 Å². The molecule has 10 rings (SSSR count). The number of phenols is 1. The number of carbonyl (C=O) groups is 2. The van der Waals surface area contributed by atoms with E-state index >= 15 is 0 Å². The van der Waals surface area contributed by atoms with E-state index in [2.05, 4.69) is 60.2 Å². The van der Waals surface area contributed by atoms with Gasteiger partial charge in [-0.2, -0.15) is 0 Å². The van der Waals surface area contributed by atoms with Gasteiger partial charge in [-0.1, -0.05) is 55.4 Å². The third kappa shape index (κ3) is 8.16. The van der Waals surface area contributed by atoms with Gasteiger partial charge in [-0.15, -0.1) is 21.5 Å². The van der Waals surface area contributed by atoms with Crippen molar-refractivity contribution < 1.29 is 24.3 Å². The predicted octanol–water partition coefficient (Wildman–Crippen LogP) is 8.50. The lowest BCUT2D eigenvalue weighted by molar-refractivity contribution is -0.141. The molecule has 2 aliphatic heterocycles. The number of aromatic nitrogens is 6. The average Bonchev–Trinajstić information content (AvgIpc) is 3.80. The molecule has 0 spiro atoms. The Labute approximate surface area is 381 Å². The number of likely N-dealkylation sites (tertiary alicyclic amines) is 1. The number of hydrogen-bond donors (Lipinski definition) is 3. The Morgan fingerprint density at radius 3 is 2.43 bits per heavy atom. The van der Waals surface area contributed by atoms with Gasteiger partial charge in [0.2, 0.25) is 11.8 Å². The topological polar surface area (TPSA) is 176 Å². The lowest BCUT2D eigenvalue weighted by Gasteiger charge is -2.29. The first-order valence-corrected chi connectivity index (χ1v) is 23.4. The van der Waals surface area contributed by atoms with Crippen LogP contribution in [0.25, 0.3) is 44.0 Å². The van der Waals surface area contributed by atoms with Crippen LogP contribution in [0.3, 0.4) is 0 Å². The SMILES string of the molecule is Cc1cc(-c2cc(C(C(=O)N3C[C@H](O)C[C@H]3C(=O)N[C@@H](C)c3ccc(-c4scnc4C)cc3)C(C)C)on2)cnc1N1CC[C@H](c2cc3nnc(-c4ccccc4O)cc3n2C2CC2)C1. The van der Waals surface area contributed by atoms with Gasteiger partial charge in [-0.25, -0.2) is 9.97 Å². The number of para-hydroxylation sites is 1. The fourth-order valence-electron chi connectivity index (χ4n) is 9.83. The second-order valence-corrected chi connectivity index (χ2v) is 19.2. The van der Waals surface area contributed by atoms with Gasteiger partial charge in [0.25, 0.3) is 0 Å². The molecule has 2 amide bonds. The summed E-state index contributed by atoms with van der Waals surface area (Å²) in [6.07, 6.45) is 4.36. The summed E-state index contributed by atoms with van der Waals surface area (Å²) in [6.45, 7) is 11.6. The number of rotatable bonds is 12. The normalized spacial score (nSPS) is 19.6. The molecule has 1 unspecified atom stereocenters. The largest absolute Gasteiger partial charge is 0.507 e. The number of fused-ring (bicyclic) bond motifs is 1. The molecule has 3 aliphatic rings. The highest BCUT2D eigenvalue weighted by Gasteiger charge is 2.44. The van der Waals surface area contributed by atoms with Crippen molar-refractivity contribution in [1.29, 1.82) is 0 Å². The highest BCUT2D eigenvalue weighted by molar-refractivity contribution is 7.13. The molecule has 5 aromatic heterocycles. The van der Waals surface area contributed by atoms with Crippen molar-refractivity contribution in [3.8, 4) is 38.7 Å². The number of aromatic hydroxyl groups is 1. The molecular weight excluding hydrogens is 839 g/mol. The van der Waals surface area contributed by atoms with Gasteiger partial charge >= 0.3 is 0 Å². The van der Waals surface area contributed by atoms with Gasteiger partial charge in [0, 0.05) is 67.1 Å². The van der Waals surface area contributed by atoms with Crippen molar-refractivity contribution in [2.75, 3.05) is 24.5 Å². The average molecular weight is 892 g/mol. The van der Waals surface area contributed by atoms with Crippen molar-refractivity contribution in [3.05, 3.63) is 113 Å². The lowest BCUT2D eigenvalue weighted by atomic mass is 9.91. The molecule has 7 aromatic rings. The summed E-state index contributed by atoms with van der Waals surface area (Å²) in [6, 6.07) is 22.7. The molecule has 3 N–H and O–H groups in total. The second kappa shape index (κ2) is 17.2. The molecule has 1 aliphatic carbocycles. The van der Waals surface area contributed by atoms with Crippen LogP contribution in [0, 0.1) is 19.8 Å². The smallest absolute Gasteiger partial charge is 0.243 e. The molecule has 1 saturated carbocycles. The third-order valence-electron chi connectivity index (χ3n) is 13.4. The summed E-state index contributed by atoms with van der Waals surface area (Å²) in [4.78, 5) is 42.5. The van der Waals surface area contributed by atoms with Crippen LogP contribution in [-0.4, -0.2) is 88.6 Å². The van der Waals surface area contributed by atoms with E-state index in [1.54, 1.807) is 29.5 Å². The molecule has 7 heterocycles. The van der Waals surface area contributed by atoms with E-state index in [-0.39, 0.29) is 48.4 Å². The summed E-state index contributed by atoms with van der Waals surface area (Å²) < 4.78 is 8.37. The van der Waals surface area contributed by atoms with E-state index < -0.39 is 18.1 Å². The van der Waals surface area contributed by atoms with E-state index in [1.165, 1.54) is 10.6 Å². The number of carbonyl (C=O) groups excluding carboxylic acids is 2. The highest BCUT2D eigenvalue weighted by Crippen LogP contribution is 2.44. The number of pyridine rings is 1. The number of anilines is 1. The van der Waals surface area contributed by atoms with Gasteiger partial charge in [-0.05, 0) is 93.0 Å². The Morgan fingerprint density at radius 2 is 1.71 bits per heavy atom. The quantitative estimate of drug-likeness (QED) is 0.107. The molecule has 0 bridgehead atoms. The van der Waals surface area contributed by atoms with E-state index in [0.29, 0.717) is 28.8 Å². The monoisotopic (exact) mass is 891 g/mol. The maximum absolute atomic E-state index is 14.4. The summed E-state index contributed by atoms with van der Waals surface area (Å²) in [7, 11) is 0. The van der Waals surface area contributed by atoms with Gasteiger partial charge in [0.1, 0.15) is 40.5 Å². The van der Waals surface area contributed by atoms with Crippen LogP contribution in [0.4, 0.5) is 5.82 Å². The van der Waals surface area contributed by atoms with Crippen molar-refractivity contribution in [2.45, 2.75) is 96.4 Å². The van der Waals surface area contributed by atoms with E-state index in [1.807, 2.05) is 75.8 Å². The predicted molar refractivity (Wildman–Crippen MR) is 249 cm³/mol. The fraction of sp³-hybridized carbons (Fsp3) is 0.380. The number of β-amino-alcohol motifs (C(OH)–C–C–N with tert-alkyl or cyclic N) is 1. The summed E-state index contributed by atoms with van der Waals surface area (Å²) >= 11 is 1.59. The maximum atomic E-state index is 14.4. The second-order valence-electron chi connectivity index (χ2n) is 18.3. The number of thiazole rings is 1. The zero-order valence-electron chi connectivity index (χ0n) is 37.2. The Bertz CT molecular complexity index is 2900. The van der Waals surface area contributed by atoms with Crippen LogP contribution in [-0.2, 0) is 9.59 Å². The van der Waals surface area contributed by atoms with Crippen LogP contribution >= 0.6 is 11.3 Å². The Balaban J connectivity index is 0.821. The van der Waals surface area contributed by atoms with Crippen molar-refractivity contribution >= 4 is 40.0 Å². The van der Waals surface area contributed by atoms with Crippen LogP contribution in [0.15, 0.2) is 89.0 Å². The minimum Gasteiger partial charge on any atom is -0.507 e. The van der Waals surface area contributed by atoms with Gasteiger partial charge in [0.05, 0.1) is 39.4 Å². The molecule has 3 fully saturated rings.